The molecule has 0 fully saturated rings. The molecule has 1 aromatic rings. The zero-order valence-electron chi connectivity index (χ0n) is 6.49. The Morgan fingerprint density at radius 3 is 2.73 bits per heavy atom. The molecular formula is C8H9BrClN. The molecule has 0 unspecified atom stereocenters. The van der Waals surface area contributed by atoms with E-state index in [1.54, 1.807) is 0 Å². The molecule has 0 saturated heterocycles. The van der Waals surface area contributed by atoms with Crippen molar-refractivity contribution in [2.45, 2.75) is 19.7 Å². The molecule has 0 aliphatic heterocycles. The van der Waals surface area contributed by atoms with Crippen LogP contribution in [0.3, 0.4) is 0 Å². The molecule has 60 valence electrons. The van der Waals surface area contributed by atoms with Crippen LogP contribution in [-0.4, -0.2) is 4.98 Å². The van der Waals surface area contributed by atoms with E-state index in [4.69, 9.17) is 11.6 Å². The molecule has 1 aromatic heterocycles. The summed E-state index contributed by atoms with van der Waals surface area (Å²) in [7, 11) is 0. The molecule has 0 aliphatic carbocycles. The fraction of sp³-hybridized carbons (Fsp3) is 0.375. The first kappa shape index (κ1) is 9.01. The molecule has 0 radical (unpaired) electrons. The van der Waals surface area contributed by atoms with E-state index in [2.05, 4.69) is 27.0 Å². The second kappa shape index (κ2) is 3.55. The zero-order valence-corrected chi connectivity index (χ0v) is 8.83. The van der Waals surface area contributed by atoms with Crippen molar-refractivity contribution >= 4 is 27.5 Å². The smallest absolute Gasteiger partial charge is 0.110 e. The predicted molar refractivity (Wildman–Crippen MR) is 51.0 cm³/mol. The van der Waals surface area contributed by atoms with E-state index in [1.807, 2.05) is 13.8 Å². The molecular weight excluding hydrogens is 225 g/mol. The van der Waals surface area contributed by atoms with Crippen LogP contribution in [0.1, 0.15) is 16.8 Å². The van der Waals surface area contributed by atoms with Gasteiger partial charge in [-0.2, -0.15) is 0 Å². The highest BCUT2D eigenvalue weighted by molar-refractivity contribution is 9.10. The lowest BCUT2D eigenvalue weighted by atomic mass is 10.2. The van der Waals surface area contributed by atoms with E-state index in [9.17, 15) is 0 Å². The van der Waals surface area contributed by atoms with Crippen LogP contribution < -0.4 is 0 Å². The van der Waals surface area contributed by atoms with E-state index in [0.717, 1.165) is 15.9 Å². The second-order valence-corrected chi connectivity index (χ2v) is 3.49. The van der Waals surface area contributed by atoms with Crippen molar-refractivity contribution in [3.05, 3.63) is 27.5 Å². The Morgan fingerprint density at radius 2 is 2.18 bits per heavy atom. The van der Waals surface area contributed by atoms with E-state index in [1.165, 1.54) is 5.56 Å². The van der Waals surface area contributed by atoms with Crippen molar-refractivity contribution in [3.8, 4) is 0 Å². The molecule has 0 spiro atoms. The average molecular weight is 235 g/mol. The number of nitrogens with zero attached hydrogens (tertiary/aromatic N) is 1. The first-order valence-electron chi connectivity index (χ1n) is 3.33. The molecule has 1 rings (SSSR count). The van der Waals surface area contributed by atoms with Crippen molar-refractivity contribution in [2.75, 3.05) is 0 Å². The van der Waals surface area contributed by atoms with Crippen LogP contribution in [0.25, 0.3) is 0 Å². The molecule has 11 heavy (non-hydrogen) atoms. The molecule has 0 bridgehead atoms. The monoisotopic (exact) mass is 233 g/mol. The predicted octanol–water partition coefficient (Wildman–Crippen LogP) is 3.20. The van der Waals surface area contributed by atoms with Gasteiger partial charge in [-0.25, -0.2) is 4.98 Å². The zero-order chi connectivity index (χ0) is 8.43. The number of halogens is 2. The molecule has 0 saturated carbocycles. The van der Waals surface area contributed by atoms with Crippen molar-refractivity contribution in [1.29, 1.82) is 0 Å². The lowest BCUT2D eigenvalue weighted by Gasteiger charge is -2.03. The van der Waals surface area contributed by atoms with Crippen LogP contribution >= 0.6 is 27.5 Å². The number of pyridine rings is 1. The van der Waals surface area contributed by atoms with E-state index >= 15 is 0 Å². The summed E-state index contributed by atoms with van der Waals surface area (Å²) in [4.78, 5) is 4.28. The number of aromatic nitrogens is 1. The quantitative estimate of drug-likeness (QED) is 0.537. The normalized spacial score (nSPS) is 10.2. The molecule has 0 aromatic carbocycles. The van der Waals surface area contributed by atoms with Crippen LogP contribution in [-0.2, 0) is 5.88 Å². The van der Waals surface area contributed by atoms with Gasteiger partial charge in [-0.1, -0.05) is 6.07 Å². The number of aryl methyl sites for hydroxylation is 2. The van der Waals surface area contributed by atoms with Gasteiger partial charge < -0.3 is 0 Å². The minimum Gasteiger partial charge on any atom is -0.246 e. The van der Waals surface area contributed by atoms with Crippen molar-refractivity contribution in [1.82, 2.24) is 4.98 Å². The minimum atomic E-state index is 0.509. The van der Waals surface area contributed by atoms with Gasteiger partial charge in [0.25, 0.3) is 0 Å². The van der Waals surface area contributed by atoms with Gasteiger partial charge in [0.2, 0.25) is 0 Å². The second-order valence-electron chi connectivity index (χ2n) is 2.47. The maximum Gasteiger partial charge on any atom is 0.110 e. The summed E-state index contributed by atoms with van der Waals surface area (Å²) < 4.78 is 0.857. The summed E-state index contributed by atoms with van der Waals surface area (Å²) in [6.07, 6.45) is 0. The highest BCUT2D eigenvalue weighted by atomic mass is 79.9. The minimum absolute atomic E-state index is 0.509. The van der Waals surface area contributed by atoms with Crippen molar-refractivity contribution < 1.29 is 0 Å². The van der Waals surface area contributed by atoms with Gasteiger partial charge in [-0.3, -0.25) is 0 Å². The maximum absolute atomic E-state index is 5.69. The Labute approximate surface area is 79.9 Å². The summed E-state index contributed by atoms with van der Waals surface area (Å²) in [5.74, 6) is 0.509. The third-order valence-electron chi connectivity index (χ3n) is 1.64. The average Bonchev–Trinajstić information content (AvgIpc) is 1.97. The summed E-state index contributed by atoms with van der Waals surface area (Å²) >= 11 is 9.03. The fourth-order valence-corrected chi connectivity index (χ4v) is 1.71. The highest BCUT2D eigenvalue weighted by Gasteiger charge is 2.02. The van der Waals surface area contributed by atoms with Crippen LogP contribution in [0.4, 0.5) is 0 Å². The number of hydrogen-bond donors (Lipinski definition) is 0. The Morgan fingerprint density at radius 1 is 1.55 bits per heavy atom. The summed E-state index contributed by atoms with van der Waals surface area (Å²) in [6.45, 7) is 4.02. The molecule has 0 N–H and O–H groups in total. The highest BCUT2D eigenvalue weighted by Crippen LogP contribution is 2.18. The molecule has 0 aliphatic rings. The first-order valence-corrected chi connectivity index (χ1v) is 4.66. The lowest BCUT2D eigenvalue weighted by Crippen LogP contribution is -1.92. The Bertz CT molecular complexity index is 273. The van der Waals surface area contributed by atoms with Crippen LogP contribution in [0, 0.1) is 13.8 Å². The largest absolute Gasteiger partial charge is 0.246 e. The van der Waals surface area contributed by atoms with Crippen molar-refractivity contribution in [3.63, 3.8) is 0 Å². The number of alkyl halides is 1. The lowest BCUT2D eigenvalue weighted by molar-refractivity contribution is 1.09. The van der Waals surface area contributed by atoms with E-state index < -0.39 is 0 Å². The molecule has 1 nitrogen and oxygen atoms in total. The number of rotatable bonds is 1. The molecule has 0 atom stereocenters. The van der Waals surface area contributed by atoms with E-state index in [-0.39, 0.29) is 0 Å². The van der Waals surface area contributed by atoms with Gasteiger partial charge in [0.05, 0.1) is 5.88 Å². The Hall–Kier alpha value is -0.0800. The summed E-state index contributed by atoms with van der Waals surface area (Å²) in [5.41, 5.74) is 3.28. The number of hydrogen-bond acceptors (Lipinski definition) is 1. The fourth-order valence-electron chi connectivity index (χ4n) is 0.826. The third-order valence-corrected chi connectivity index (χ3v) is 2.61. The molecule has 1 heterocycles. The van der Waals surface area contributed by atoms with Gasteiger partial charge in [-0.05, 0) is 35.3 Å². The first-order chi connectivity index (χ1) is 5.15. The van der Waals surface area contributed by atoms with Crippen LogP contribution in [0.15, 0.2) is 10.7 Å². The third kappa shape index (κ3) is 1.94. The Balaban J connectivity index is 3.21. The molecule has 3 heteroatoms. The van der Waals surface area contributed by atoms with Gasteiger partial charge in [-0.15, -0.1) is 11.6 Å². The summed E-state index contributed by atoms with van der Waals surface area (Å²) in [6, 6.07) is 2.05. The van der Waals surface area contributed by atoms with Gasteiger partial charge in [0.1, 0.15) is 4.60 Å². The standard InChI is InChI=1S/C8H9BrClN/c1-5-3-7(4-10)8(9)11-6(5)2/h3H,4H2,1-2H3. The molecule has 0 amide bonds. The van der Waals surface area contributed by atoms with Gasteiger partial charge in [0, 0.05) is 11.3 Å². The maximum atomic E-state index is 5.69. The topological polar surface area (TPSA) is 12.9 Å². The summed E-state index contributed by atoms with van der Waals surface area (Å²) in [5, 5.41) is 0. The van der Waals surface area contributed by atoms with E-state index in [0.29, 0.717) is 5.88 Å². The van der Waals surface area contributed by atoms with Crippen LogP contribution in [0.2, 0.25) is 0 Å². The van der Waals surface area contributed by atoms with Gasteiger partial charge >= 0.3 is 0 Å². The van der Waals surface area contributed by atoms with Gasteiger partial charge in [0.15, 0.2) is 0 Å². The Kier molecular flexibility index (Phi) is 2.90. The SMILES string of the molecule is Cc1cc(CCl)c(Br)nc1C. The van der Waals surface area contributed by atoms with Crippen LogP contribution in [0.5, 0.6) is 0 Å². The van der Waals surface area contributed by atoms with Crippen molar-refractivity contribution in [2.24, 2.45) is 0 Å².